The normalized spacial score (nSPS) is 25.9. The first-order valence-electron chi connectivity index (χ1n) is 6.94. The Morgan fingerprint density at radius 2 is 1.78 bits per heavy atom. The Morgan fingerprint density at radius 1 is 1.17 bits per heavy atom. The standard InChI is InChI=1S/C15H24N2S/c1-2-18-14-9-5-12(6-10-14)15(17)11-3-7-13(16)8-4-11/h5-6,9-11,13,15H,2-4,7-8,16-17H2,1H3. The van der Waals surface area contributed by atoms with Gasteiger partial charge in [0.15, 0.2) is 0 Å². The Labute approximate surface area is 115 Å². The van der Waals surface area contributed by atoms with Crippen molar-refractivity contribution in [2.24, 2.45) is 17.4 Å². The minimum atomic E-state index is 0.179. The van der Waals surface area contributed by atoms with E-state index in [9.17, 15) is 0 Å². The van der Waals surface area contributed by atoms with E-state index in [2.05, 4.69) is 31.2 Å². The summed E-state index contributed by atoms with van der Waals surface area (Å²) < 4.78 is 0. The van der Waals surface area contributed by atoms with E-state index < -0.39 is 0 Å². The van der Waals surface area contributed by atoms with Crippen molar-refractivity contribution in [3.63, 3.8) is 0 Å². The van der Waals surface area contributed by atoms with Crippen molar-refractivity contribution in [3.8, 4) is 0 Å². The highest BCUT2D eigenvalue weighted by molar-refractivity contribution is 7.99. The van der Waals surface area contributed by atoms with Crippen LogP contribution in [0.3, 0.4) is 0 Å². The largest absolute Gasteiger partial charge is 0.328 e. The number of thioether (sulfide) groups is 1. The molecule has 1 atom stereocenters. The van der Waals surface area contributed by atoms with Gasteiger partial charge in [-0.15, -0.1) is 11.8 Å². The van der Waals surface area contributed by atoms with E-state index in [-0.39, 0.29) is 6.04 Å². The molecule has 0 aliphatic heterocycles. The smallest absolute Gasteiger partial charge is 0.0323 e. The zero-order valence-corrected chi connectivity index (χ0v) is 12.0. The molecule has 0 bridgehead atoms. The topological polar surface area (TPSA) is 52.0 Å². The molecule has 0 radical (unpaired) electrons. The van der Waals surface area contributed by atoms with Gasteiger partial charge in [-0.05, 0) is 55.1 Å². The second-order valence-electron chi connectivity index (χ2n) is 5.20. The molecule has 0 saturated heterocycles. The number of nitrogens with two attached hydrogens (primary N) is 2. The maximum absolute atomic E-state index is 6.39. The van der Waals surface area contributed by atoms with Crippen molar-refractivity contribution in [1.82, 2.24) is 0 Å². The predicted molar refractivity (Wildman–Crippen MR) is 79.7 cm³/mol. The van der Waals surface area contributed by atoms with E-state index in [0.717, 1.165) is 18.6 Å². The number of hydrogen-bond acceptors (Lipinski definition) is 3. The molecule has 0 amide bonds. The van der Waals surface area contributed by atoms with E-state index >= 15 is 0 Å². The van der Waals surface area contributed by atoms with Crippen LogP contribution in [0, 0.1) is 5.92 Å². The lowest BCUT2D eigenvalue weighted by Gasteiger charge is -2.30. The molecule has 1 unspecified atom stereocenters. The van der Waals surface area contributed by atoms with Gasteiger partial charge in [-0.1, -0.05) is 19.1 Å². The highest BCUT2D eigenvalue weighted by Crippen LogP contribution is 2.33. The van der Waals surface area contributed by atoms with Gasteiger partial charge in [-0.2, -0.15) is 0 Å². The molecule has 1 aliphatic rings. The quantitative estimate of drug-likeness (QED) is 0.820. The van der Waals surface area contributed by atoms with E-state index in [1.165, 1.54) is 23.3 Å². The van der Waals surface area contributed by atoms with Crippen LogP contribution >= 0.6 is 11.8 Å². The second-order valence-corrected chi connectivity index (χ2v) is 6.54. The van der Waals surface area contributed by atoms with Crippen molar-refractivity contribution < 1.29 is 0 Å². The molecule has 0 heterocycles. The molecule has 1 fully saturated rings. The summed E-state index contributed by atoms with van der Waals surface area (Å²) >= 11 is 1.87. The van der Waals surface area contributed by atoms with Crippen molar-refractivity contribution in [3.05, 3.63) is 29.8 Å². The molecular weight excluding hydrogens is 240 g/mol. The SMILES string of the molecule is CCSc1ccc(C(N)C2CCC(N)CC2)cc1. The van der Waals surface area contributed by atoms with Crippen molar-refractivity contribution in [1.29, 1.82) is 0 Å². The number of benzene rings is 1. The van der Waals surface area contributed by atoms with Crippen molar-refractivity contribution in [2.75, 3.05) is 5.75 Å². The van der Waals surface area contributed by atoms with Gasteiger partial charge >= 0.3 is 0 Å². The molecule has 1 aromatic carbocycles. The summed E-state index contributed by atoms with van der Waals surface area (Å²) in [5.74, 6) is 1.72. The summed E-state index contributed by atoms with van der Waals surface area (Å²) in [7, 11) is 0. The van der Waals surface area contributed by atoms with Gasteiger partial charge in [0, 0.05) is 17.0 Å². The average Bonchev–Trinajstić information content (AvgIpc) is 2.40. The van der Waals surface area contributed by atoms with Crippen LogP contribution in [0.15, 0.2) is 29.2 Å². The summed E-state index contributed by atoms with van der Waals surface area (Å²) in [6.45, 7) is 2.18. The third kappa shape index (κ3) is 3.50. The third-order valence-corrected chi connectivity index (χ3v) is 4.79. The van der Waals surface area contributed by atoms with Crippen LogP contribution in [0.2, 0.25) is 0 Å². The maximum Gasteiger partial charge on any atom is 0.0323 e. The van der Waals surface area contributed by atoms with Crippen LogP contribution in [0.1, 0.15) is 44.2 Å². The molecule has 0 aromatic heterocycles. The number of rotatable bonds is 4. The minimum Gasteiger partial charge on any atom is -0.328 e. The highest BCUT2D eigenvalue weighted by atomic mass is 32.2. The highest BCUT2D eigenvalue weighted by Gasteiger charge is 2.24. The lowest BCUT2D eigenvalue weighted by atomic mass is 9.80. The number of hydrogen-bond donors (Lipinski definition) is 2. The fourth-order valence-corrected chi connectivity index (χ4v) is 3.39. The Morgan fingerprint density at radius 3 is 2.33 bits per heavy atom. The van der Waals surface area contributed by atoms with Gasteiger partial charge in [-0.25, -0.2) is 0 Å². The van der Waals surface area contributed by atoms with E-state index in [1.807, 2.05) is 11.8 Å². The van der Waals surface area contributed by atoms with Gasteiger partial charge in [-0.3, -0.25) is 0 Å². The molecule has 18 heavy (non-hydrogen) atoms. The molecule has 2 rings (SSSR count). The summed E-state index contributed by atoms with van der Waals surface area (Å²) in [6, 6.07) is 9.35. The molecule has 0 spiro atoms. The van der Waals surface area contributed by atoms with Crippen molar-refractivity contribution >= 4 is 11.8 Å². The van der Waals surface area contributed by atoms with Crippen LogP contribution in [0.25, 0.3) is 0 Å². The van der Waals surface area contributed by atoms with Crippen LogP contribution < -0.4 is 11.5 Å². The van der Waals surface area contributed by atoms with Gasteiger partial charge in [0.25, 0.3) is 0 Å². The molecule has 100 valence electrons. The summed E-state index contributed by atoms with van der Waals surface area (Å²) in [5.41, 5.74) is 13.6. The summed E-state index contributed by atoms with van der Waals surface area (Å²) in [6.07, 6.45) is 4.60. The van der Waals surface area contributed by atoms with E-state index in [1.54, 1.807) is 0 Å². The molecule has 1 saturated carbocycles. The molecule has 4 N–H and O–H groups in total. The maximum atomic E-state index is 6.39. The van der Waals surface area contributed by atoms with Gasteiger partial charge in [0.2, 0.25) is 0 Å². The second kappa shape index (κ2) is 6.60. The Hall–Kier alpha value is -0.510. The first kappa shape index (κ1) is 13.9. The van der Waals surface area contributed by atoms with E-state index in [4.69, 9.17) is 11.5 Å². The fourth-order valence-electron chi connectivity index (χ4n) is 2.73. The molecule has 2 nitrogen and oxygen atoms in total. The average molecular weight is 264 g/mol. The van der Waals surface area contributed by atoms with Gasteiger partial charge < -0.3 is 11.5 Å². The first-order chi connectivity index (χ1) is 8.70. The van der Waals surface area contributed by atoms with Gasteiger partial charge in [0.1, 0.15) is 0 Å². The lowest BCUT2D eigenvalue weighted by Crippen LogP contribution is -2.31. The van der Waals surface area contributed by atoms with Crippen molar-refractivity contribution in [2.45, 2.75) is 49.6 Å². The Balaban J connectivity index is 1.97. The monoisotopic (exact) mass is 264 g/mol. The zero-order valence-electron chi connectivity index (χ0n) is 11.1. The summed E-state index contributed by atoms with van der Waals surface area (Å²) in [5, 5.41) is 0. The van der Waals surface area contributed by atoms with Crippen LogP contribution in [0.4, 0.5) is 0 Å². The Bertz CT molecular complexity index is 355. The predicted octanol–water partition coefficient (Wildman–Crippen LogP) is 3.32. The molecule has 3 heteroatoms. The third-order valence-electron chi connectivity index (χ3n) is 3.90. The zero-order chi connectivity index (χ0) is 13.0. The van der Waals surface area contributed by atoms with E-state index in [0.29, 0.717) is 12.0 Å². The van der Waals surface area contributed by atoms with Crippen LogP contribution in [-0.4, -0.2) is 11.8 Å². The van der Waals surface area contributed by atoms with Crippen LogP contribution in [0.5, 0.6) is 0 Å². The van der Waals surface area contributed by atoms with Crippen LogP contribution in [-0.2, 0) is 0 Å². The Kier molecular flexibility index (Phi) is 5.10. The van der Waals surface area contributed by atoms with Gasteiger partial charge in [0.05, 0.1) is 0 Å². The minimum absolute atomic E-state index is 0.179. The molecule has 1 aromatic rings. The summed E-state index contributed by atoms with van der Waals surface area (Å²) in [4.78, 5) is 1.33. The first-order valence-corrected chi connectivity index (χ1v) is 7.93. The molecular formula is C15H24N2S. The molecule has 1 aliphatic carbocycles. The fraction of sp³-hybridized carbons (Fsp3) is 0.600. The lowest BCUT2D eigenvalue weighted by molar-refractivity contribution is 0.285.